The third-order valence-corrected chi connectivity index (χ3v) is 8.65. The third-order valence-electron chi connectivity index (χ3n) is 4.31. The summed E-state index contributed by atoms with van der Waals surface area (Å²) in [5.41, 5.74) is 0. The molecule has 134 valence electrons. The average Bonchev–Trinajstić information content (AvgIpc) is 3.05. The number of sulfonamides is 1. The number of ether oxygens (including phenoxy) is 2. The molecule has 1 atom stereocenters. The fraction of sp³-hybridized carbons (Fsp3) is 0.412. The quantitative estimate of drug-likeness (QED) is 0.795. The van der Waals surface area contributed by atoms with Crippen LogP contribution in [0.15, 0.2) is 40.6 Å². The molecule has 0 amide bonds. The van der Waals surface area contributed by atoms with Crippen LogP contribution in [-0.4, -0.2) is 44.8 Å². The molecule has 8 heteroatoms. The molecule has 5 nitrogen and oxygen atoms in total. The Morgan fingerprint density at radius 3 is 2.72 bits per heavy atom. The second-order valence-corrected chi connectivity index (χ2v) is 10.1. The summed E-state index contributed by atoms with van der Waals surface area (Å²) in [6.45, 7) is 2.00. The maximum atomic E-state index is 13.0. The Kier molecular flexibility index (Phi) is 4.95. The van der Waals surface area contributed by atoms with Gasteiger partial charge in [-0.1, -0.05) is 6.07 Å². The van der Waals surface area contributed by atoms with Gasteiger partial charge in [0.15, 0.2) is 11.5 Å². The molecule has 0 bridgehead atoms. The van der Waals surface area contributed by atoms with Crippen molar-refractivity contribution in [1.29, 1.82) is 0 Å². The van der Waals surface area contributed by atoms with Crippen molar-refractivity contribution in [1.82, 2.24) is 4.31 Å². The lowest BCUT2D eigenvalue weighted by molar-refractivity contribution is 0.171. The van der Waals surface area contributed by atoms with Crippen molar-refractivity contribution in [2.75, 3.05) is 32.1 Å². The van der Waals surface area contributed by atoms with E-state index in [0.29, 0.717) is 43.1 Å². The number of nitrogens with zero attached hydrogens (tertiary/aromatic N) is 1. The Hall–Kier alpha value is -1.22. The van der Waals surface area contributed by atoms with Crippen LogP contribution in [0.2, 0.25) is 0 Å². The first kappa shape index (κ1) is 17.2. The third kappa shape index (κ3) is 3.53. The largest absolute Gasteiger partial charge is 0.486 e. The normalized spacial score (nSPS) is 21.7. The number of thiophene rings is 1. The molecule has 0 radical (unpaired) electrons. The van der Waals surface area contributed by atoms with E-state index in [-0.39, 0.29) is 4.90 Å². The van der Waals surface area contributed by atoms with Gasteiger partial charge in [0, 0.05) is 35.0 Å². The smallest absolute Gasteiger partial charge is 0.243 e. The number of rotatable bonds is 3. The van der Waals surface area contributed by atoms with Gasteiger partial charge in [-0.25, -0.2) is 8.42 Å². The van der Waals surface area contributed by atoms with Crippen LogP contribution >= 0.6 is 23.1 Å². The lowest BCUT2D eigenvalue weighted by Gasteiger charge is -2.22. The molecule has 1 fully saturated rings. The van der Waals surface area contributed by atoms with Crippen molar-refractivity contribution in [2.24, 2.45) is 0 Å². The molecule has 0 aliphatic carbocycles. The van der Waals surface area contributed by atoms with E-state index in [1.807, 2.05) is 11.8 Å². The first-order valence-corrected chi connectivity index (χ1v) is 11.6. The van der Waals surface area contributed by atoms with Gasteiger partial charge >= 0.3 is 0 Å². The van der Waals surface area contributed by atoms with Crippen molar-refractivity contribution in [3.63, 3.8) is 0 Å². The first-order valence-electron chi connectivity index (χ1n) is 8.19. The molecule has 0 N–H and O–H groups in total. The predicted molar refractivity (Wildman–Crippen MR) is 100 cm³/mol. The Labute approximate surface area is 156 Å². The predicted octanol–water partition coefficient (Wildman–Crippen LogP) is 3.39. The number of hydrogen-bond donors (Lipinski definition) is 0. The monoisotopic (exact) mass is 397 g/mol. The Morgan fingerprint density at radius 2 is 1.92 bits per heavy atom. The minimum atomic E-state index is -3.52. The molecule has 2 aromatic rings. The zero-order valence-corrected chi connectivity index (χ0v) is 16.0. The second-order valence-electron chi connectivity index (χ2n) is 5.87. The van der Waals surface area contributed by atoms with Crippen molar-refractivity contribution in [3.05, 3.63) is 40.6 Å². The van der Waals surface area contributed by atoms with Gasteiger partial charge in [-0.05, 0) is 30.0 Å². The summed E-state index contributed by atoms with van der Waals surface area (Å²) in [7, 11) is -3.52. The minimum Gasteiger partial charge on any atom is -0.486 e. The van der Waals surface area contributed by atoms with Crippen LogP contribution in [0.5, 0.6) is 11.5 Å². The van der Waals surface area contributed by atoms with Crippen molar-refractivity contribution < 1.29 is 17.9 Å². The lowest BCUT2D eigenvalue weighted by atomic mass is 10.2. The van der Waals surface area contributed by atoms with E-state index < -0.39 is 10.0 Å². The lowest BCUT2D eigenvalue weighted by Crippen LogP contribution is -2.33. The molecule has 2 aliphatic rings. The summed E-state index contributed by atoms with van der Waals surface area (Å²) in [5, 5.41) is 2.45. The van der Waals surface area contributed by atoms with Crippen molar-refractivity contribution in [2.45, 2.75) is 16.6 Å². The molecular weight excluding hydrogens is 378 g/mol. The van der Waals surface area contributed by atoms with Crippen molar-refractivity contribution >= 4 is 33.1 Å². The van der Waals surface area contributed by atoms with Gasteiger partial charge in [-0.3, -0.25) is 0 Å². The maximum absolute atomic E-state index is 13.0. The van der Waals surface area contributed by atoms with Gasteiger partial charge in [0.25, 0.3) is 0 Å². The zero-order valence-electron chi connectivity index (χ0n) is 13.6. The number of benzene rings is 1. The van der Waals surface area contributed by atoms with E-state index in [4.69, 9.17) is 9.47 Å². The Bertz CT molecular complexity index is 836. The van der Waals surface area contributed by atoms with Crippen LogP contribution in [0.3, 0.4) is 0 Å². The molecule has 0 spiro atoms. The highest BCUT2D eigenvalue weighted by molar-refractivity contribution is 7.99. The molecule has 0 saturated carbocycles. The molecule has 1 aromatic carbocycles. The van der Waals surface area contributed by atoms with E-state index >= 15 is 0 Å². The molecule has 1 aromatic heterocycles. The summed E-state index contributed by atoms with van der Waals surface area (Å²) in [4.78, 5) is 1.60. The SMILES string of the molecule is O=S(=O)(c1ccc2c(c1)OCCO2)N1CCS[C@H](c2cccs2)CC1. The van der Waals surface area contributed by atoms with Gasteiger partial charge < -0.3 is 9.47 Å². The van der Waals surface area contributed by atoms with E-state index in [2.05, 4.69) is 17.5 Å². The highest BCUT2D eigenvalue weighted by Crippen LogP contribution is 2.38. The molecule has 25 heavy (non-hydrogen) atoms. The highest BCUT2D eigenvalue weighted by atomic mass is 32.2. The molecule has 4 rings (SSSR count). The number of thioether (sulfide) groups is 1. The fourth-order valence-electron chi connectivity index (χ4n) is 3.03. The number of fused-ring (bicyclic) bond motifs is 1. The van der Waals surface area contributed by atoms with Gasteiger partial charge in [0.1, 0.15) is 13.2 Å². The van der Waals surface area contributed by atoms with Crippen LogP contribution < -0.4 is 9.47 Å². The summed E-state index contributed by atoms with van der Waals surface area (Å²) in [6.07, 6.45) is 0.828. The Balaban J connectivity index is 1.54. The van der Waals surface area contributed by atoms with Crippen molar-refractivity contribution in [3.8, 4) is 11.5 Å². The summed E-state index contributed by atoms with van der Waals surface area (Å²) >= 11 is 3.58. The van der Waals surface area contributed by atoms with Crippen LogP contribution in [0.1, 0.15) is 16.5 Å². The summed E-state index contributed by atoms with van der Waals surface area (Å²) < 4.78 is 38.7. The topological polar surface area (TPSA) is 55.8 Å². The molecule has 0 unspecified atom stereocenters. The molecule has 1 saturated heterocycles. The van der Waals surface area contributed by atoms with E-state index in [1.54, 1.807) is 33.8 Å². The van der Waals surface area contributed by atoms with Crippen LogP contribution in [-0.2, 0) is 10.0 Å². The maximum Gasteiger partial charge on any atom is 0.243 e. The van der Waals surface area contributed by atoms with E-state index in [0.717, 1.165) is 12.2 Å². The minimum absolute atomic E-state index is 0.274. The molecular formula is C17H19NO4S3. The summed E-state index contributed by atoms with van der Waals surface area (Å²) in [6, 6.07) is 9.06. The van der Waals surface area contributed by atoms with E-state index in [1.165, 1.54) is 4.88 Å². The zero-order chi connectivity index (χ0) is 17.3. The van der Waals surface area contributed by atoms with Gasteiger partial charge in [0.05, 0.1) is 4.90 Å². The van der Waals surface area contributed by atoms with Gasteiger partial charge in [-0.2, -0.15) is 16.1 Å². The molecule has 3 heterocycles. The fourth-order valence-corrected chi connectivity index (χ4v) is 6.85. The van der Waals surface area contributed by atoms with Gasteiger partial charge in [-0.15, -0.1) is 11.3 Å². The molecule has 2 aliphatic heterocycles. The van der Waals surface area contributed by atoms with E-state index in [9.17, 15) is 8.42 Å². The summed E-state index contributed by atoms with van der Waals surface area (Å²) in [5.74, 6) is 1.91. The average molecular weight is 398 g/mol. The number of hydrogen-bond acceptors (Lipinski definition) is 6. The van der Waals surface area contributed by atoms with Crippen LogP contribution in [0.25, 0.3) is 0 Å². The Morgan fingerprint density at radius 1 is 1.08 bits per heavy atom. The van der Waals surface area contributed by atoms with Gasteiger partial charge in [0.2, 0.25) is 10.0 Å². The second kappa shape index (κ2) is 7.19. The highest BCUT2D eigenvalue weighted by Gasteiger charge is 2.29. The first-order chi connectivity index (χ1) is 12.1. The van der Waals surface area contributed by atoms with Crippen LogP contribution in [0, 0.1) is 0 Å². The van der Waals surface area contributed by atoms with Crippen LogP contribution in [0.4, 0.5) is 0 Å². The standard InChI is InChI=1S/C17H19NO4S3/c19-25(20,13-3-4-14-15(12-13)22-9-8-21-14)18-6-5-17(24-11-7-18)16-2-1-10-23-16/h1-4,10,12,17H,5-9,11H2/t17-/m0/s1.